The summed E-state index contributed by atoms with van der Waals surface area (Å²) < 4.78 is 10.6. The molecule has 2 amide bonds. The lowest BCUT2D eigenvalue weighted by atomic mass is 10.1. The second kappa shape index (κ2) is 8.41. The van der Waals surface area contributed by atoms with E-state index >= 15 is 0 Å². The van der Waals surface area contributed by atoms with Crippen molar-refractivity contribution in [2.45, 2.75) is 6.10 Å². The molecule has 2 aromatic rings. The monoisotopic (exact) mass is 334 g/mol. The number of amides is 2. The molecule has 0 heterocycles. The first-order valence-electron chi connectivity index (χ1n) is 7.10. The summed E-state index contributed by atoms with van der Waals surface area (Å²) in [4.78, 5) is 12.1. The van der Waals surface area contributed by atoms with Gasteiger partial charge in [0.05, 0.1) is 18.9 Å². The fraction of sp³-hybridized carbons (Fsp3) is 0.235. The third kappa shape index (κ3) is 4.87. The summed E-state index contributed by atoms with van der Waals surface area (Å²) >= 11 is 5.94. The summed E-state index contributed by atoms with van der Waals surface area (Å²) in [5.74, 6) is 0.538. The van der Waals surface area contributed by atoms with Crippen molar-refractivity contribution < 1.29 is 14.3 Å². The summed E-state index contributed by atoms with van der Waals surface area (Å²) in [6.45, 7) is 0.342. The number of methoxy groups -OCH3 is 2. The molecule has 0 bridgehead atoms. The third-order valence-corrected chi connectivity index (χ3v) is 3.55. The van der Waals surface area contributed by atoms with Crippen LogP contribution < -0.4 is 15.4 Å². The topological polar surface area (TPSA) is 59.6 Å². The lowest BCUT2D eigenvalue weighted by Crippen LogP contribution is -2.33. The maximum absolute atomic E-state index is 12.1. The van der Waals surface area contributed by atoms with Gasteiger partial charge in [0.15, 0.2) is 0 Å². The highest BCUT2D eigenvalue weighted by Crippen LogP contribution is 2.27. The summed E-state index contributed by atoms with van der Waals surface area (Å²) in [6.07, 6.45) is -0.219. The number of ether oxygens (including phenoxy) is 2. The van der Waals surface area contributed by atoms with E-state index in [1.54, 1.807) is 25.3 Å². The van der Waals surface area contributed by atoms with Gasteiger partial charge in [0.2, 0.25) is 0 Å². The van der Waals surface area contributed by atoms with E-state index in [1.165, 1.54) is 7.11 Å². The molecule has 0 aliphatic heterocycles. The number of carbonyl (C=O) groups is 1. The van der Waals surface area contributed by atoms with Crippen molar-refractivity contribution in [3.63, 3.8) is 0 Å². The first kappa shape index (κ1) is 17.1. The molecule has 0 aliphatic rings. The molecule has 2 rings (SSSR count). The van der Waals surface area contributed by atoms with Gasteiger partial charge < -0.3 is 20.1 Å². The van der Waals surface area contributed by atoms with Crippen LogP contribution in [0, 0.1) is 0 Å². The van der Waals surface area contributed by atoms with Crippen LogP contribution in [0.2, 0.25) is 5.02 Å². The lowest BCUT2D eigenvalue weighted by Gasteiger charge is -2.17. The molecule has 23 heavy (non-hydrogen) atoms. The zero-order chi connectivity index (χ0) is 16.7. The molecule has 0 aromatic heterocycles. The Labute approximate surface area is 140 Å². The van der Waals surface area contributed by atoms with Gasteiger partial charge >= 0.3 is 6.03 Å². The molecule has 0 saturated heterocycles. The van der Waals surface area contributed by atoms with Crippen LogP contribution >= 0.6 is 11.6 Å². The molecule has 1 atom stereocenters. The number of carbonyl (C=O) groups excluding carboxylic acids is 1. The number of hydrogen-bond acceptors (Lipinski definition) is 3. The number of urea groups is 1. The molecule has 2 N–H and O–H groups in total. The highest BCUT2D eigenvalue weighted by molar-refractivity contribution is 6.31. The van der Waals surface area contributed by atoms with Crippen LogP contribution in [0.5, 0.6) is 5.75 Å². The smallest absolute Gasteiger partial charge is 0.319 e. The van der Waals surface area contributed by atoms with Gasteiger partial charge in [-0.1, -0.05) is 41.9 Å². The highest BCUT2D eigenvalue weighted by atomic mass is 35.5. The van der Waals surface area contributed by atoms with Crippen molar-refractivity contribution in [1.29, 1.82) is 0 Å². The molecular formula is C17H19ClN2O3. The molecule has 0 radical (unpaired) electrons. The maximum atomic E-state index is 12.1. The van der Waals surface area contributed by atoms with Crippen LogP contribution in [0.1, 0.15) is 11.7 Å². The average molecular weight is 335 g/mol. The Morgan fingerprint density at radius 3 is 2.57 bits per heavy atom. The van der Waals surface area contributed by atoms with E-state index in [9.17, 15) is 4.79 Å². The van der Waals surface area contributed by atoms with Crippen molar-refractivity contribution in [2.75, 3.05) is 26.1 Å². The Hall–Kier alpha value is -2.24. The normalized spacial score (nSPS) is 11.6. The van der Waals surface area contributed by atoms with Gasteiger partial charge in [-0.25, -0.2) is 4.79 Å². The van der Waals surface area contributed by atoms with Crippen LogP contribution in [0.15, 0.2) is 48.5 Å². The molecule has 6 heteroatoms. The molecule has 2 aromatic carbocycles. The predicted molar refractivity (Wildman–Crippen MR) is 91.2 cm³/mol. The Balaban J connectivity index is 1.96. The minimum absolute atomic E-state index is 0.219. The van der Waals surface area contributed by atoms with Gasteiger partial charge in [0.1, 0.15) is 5.75 Å². The summed E-state index contributed by atoms with van der Waals surface area (Å²) in [5.41, 5.74) is 1.50. The van der Waals surface area contributed by atoms with E-state index in [2.05, 4.69) is 10.6 Å². The van der Waals surface area contributed by atoms with E-state index in [0.717, 1.165) is 5.56 Å². The Kier molecular flexibility index (Phi) is 6.26. The van der Waals surface area contributed by atoms with Crippen LogP contribution in [-0.2, 0) is 4.74 Å². The fourth-order valence-corrected chi connectivity index (χ4v) is 2.31. The van der Waals surface area contributed by atoms with Gasteiger partial charge in [-0.3, -0.25) is 0 Å². The van der Waals surface area contributed by atoms with Gasteiger partial charge in [-0.15, -0.1) is 0 Å². The number of halogens is 1. The standard InChI is InChI=1S/C17H19ClN2O3/c1-22-15-9-8-13(18)10-14(15)20-17(21)19-11-16(23-2)12-6-4-3-5-7-12/h3-10,16H,11H2,1-2H3,(H2,19,20,21)/t16-/m1/s1. The minimum Gasteiger partial charge on any atom is -0.495 e. The van der Waals surface area contributed by atoms with Gasteiger partial charge in [0.25, 0.3) is 0 Å². The number of rotatable bonds is 6. The molecule has 0 saturated carbocycles. The van der Waals surface area contributed by atoms with E-state index in [1.807, 2.05) is 30.3 Å². The highest BCUT2D eigenvalue weighted by Gasteiger charge is 2.13. The van der Waals surface area contributed by atoms with Gasteiger partial charge in [-0.05, 0) is 23.8 Å². The minimum atomic E-state index is -0.358. The quantitative estimate of drug-likeness (QED) is 0.843. The third-order valence-electron chi connectivity index (χ3n) is 3.31. The SMILES string of the molecule is COc1ccc(Cl)cc1NC(=O)NC[C@@H](OC)c1ccccc1. The Bertz CT molecular complexity index is 650. The fourth-order valence-electron chi connectivity index (χ4n) is 2.13. The lowest BCUT2D eigenvalue weighted by molar-refractivity contribution is 0.104. The van der Waals surface area contributed by atoms with Crippen molar-refractivity contribution in [3.05, 3.63) is 59.1 Å². The first-order valence-corrected chi connectivity index (χ1v) is 7.48. The molecular weight excluding hydrogens is 316 g/mol. The predicted octanol–water partition coefficient (Wildman–Crippen LogP) is 3.86. The number of benzene rings is 2. The second-order valence-corrected chi connectivity index (χ2v) is 5.25. The van der Waals surface area contributed by atoms with E-state index < -0.39 is 0 Å². The van der Waals surface area contributed by atoms with Crippen molar-refractivity contribution in [1.82, 2.24) is 5.32 Å². The molecule has 122 valence electrons. The van der Waals surface area contributed by atoms with Crippen molar-refractivity contribution in [3.8, 4) is 5.75 Å². The van der Waals surface area contributed by atoms with Crippen LogP contribution in [0.25, 0.3) is 0 Å². The summed E-state index contributed by atoms with van der Waals surface area (Å²) in [7, 11) is 3.14. The first-order chi connectivity index (χ1) is 11.1. The zero-order valence-electron chi connectivity index (χ0n) is 13.0. The Morgan fingerprint density at radius 2 is 1.91 bits per heavy atom. The van der Waals surface area contributed by atoms with E-state index in [-0.39, 0.29) is 12.1 Å². The molecule has 0 unspecified atom stereocenters. The van der Waals surface area contributed by atoms with Gasteiger partial charge in [0, 0.05) is 18.7 Å². The number of nitrogens with one attached hydrogen (secondary N) is 2. The average Bonchev–Trinajstić information content (AvgIpc) is 2.56. The molecule has 0 aliphatic carbocycles. The van der Waals surface area contributed by atoms with Crippen molar-refractivity contribution >= 4 is 23.3 Å². The number of hydrogen-bond donors (Lipinski definition) is 2. The van der Waals surface area contributed by atoms with E-state index in [4.69, 9.17) is 21.1 Å². The molecule has 0 spiro atoms. The van der Waals surface area contributed by atoms with Crippen molar-refractivity contribution in [2.24, 2.45) is 0 Å². The molecule has 5 nitrogen and oxygen atoms in total. The number of anilines is 1. The Morgan fingerprint density at radius 1 is 1.17 bits per heavy atom. The van der Waals surface area contributed by atoms with Crippen LogP contribution in [0.4, 0.5) is 10.5 Å². The van der Waals surface area contributed by atoms with Gasteiger partial charge in [-0.2, -0.15) is 0 Å². The summed E-state index contributed by atoms with van der Waals surface area (Å²) in [6, 6.07) is 14.4. The zero-order valence-corrected chi connectivity index (χ0v) is 13.8. The largest absolute Gasteiger partial charge is 0.495 e. The second-order valence-electron chi connectivity index (χ2n) is 4.81. The van der Waals surface area contributed by atoms with E-state index in [0.29, 0.717) is 23.0 Å². The van der Waals surface area contributed by atoms with Crippen LogP contribution in [0.3, 0.4) is 0 Å². The maximum Gasteiger partial charge on any atom is 0.319 e. The summed E-state index contributed by atoms with van der Waals surface area (Å²) in [5, 5.41) is 6.01. The molecule has 0 fully saturated rings. The van der Waals surface area contributed by atoms with Crippen LogP contribution in [-0.4, -0.2) is 26.8 Å².